The van der Waals surface area contributed by atoms with E-state index in [0.29, 0.717) is 23.6 Å². The van der Waals surface area contributed by atoms with Crippen molar-refractivity contribution in [2.24, 2.45) is 0 Å². The van der Waals surface area contributed by atoms with Crippen LogP contribution in [0.15, 0.2) is 35.3 Å². The first-order valence-corrected chi connectivity index (χ1v) is 9.51. The fraction of sp³-hybridized carbons (Fsp3) is 0.429. The molecule has 2 aromatic rings. The summed E-state index contributed by atoms with van der Waals surface area (Å²) in [5.41, 5.74) is 1.72. The fourth-order valence-corrected chi connectivity index (χ4v) is 3.72. The van der Waals surface area contributed by atoms with Crippen molar-refractivity contribution >= 4 is 5.91 Å². The van der Waals surface area contributed by atoms with Crippen molar-refractivity contribution in [1.29, 1.82) is 0 Å². The molecule has 6 heteroatoms. The Morgan fingerprint density at radius 2 is 1.78 bits per heavy atom. The molecule has 2 aliphatic heterocycles. The van der Waals surface area contributed by atoms with Gasteiger partial charge < -0.3 is 18.9 Å². The van der Waals surface area contributed by atoms with Crippen molar-refractivity contribution in [1.82, 2.24) is 9.47 Å². The second kappa shape index (κ2) is 7.47. The van der Waals surface area contributed by atoms with Gasteiger partial charge in [0.05, 0.1) is 6.54 Å². The number of benzene rings is 1. The van der Waals surface area contributed by atoms with Crippen LogP contribution in [0, 0.1) is 6.92 Å². The standard InChI is InChI=1S/C21H24N2O4/c1-15-8-11-23(13-16-6-7-17-18(12-16)27-14-26-17)21(25)19(15)20(24)22-9-4-2-3-5-10-22/h6-8,11-12H,2-5,9-10,13-14H2,1H3. The number of ether oxygens (including phenoxy) is 2. The van der Waals surface area contributed by atoms with E-state index < -0.39 is 0 Å². The number of hydrogen-bond donors (Lipinski definition) is 0. The fourth-order valence-electron chi connectivity index (χ4n) is 3.72. The highest BCUT2D eigenvalue weighted by Crippen LogP contribution is 2.32. The zero-order valence-corrected chi connectivity index (χ0v) is 15.6. The van der Waals surface area contributed by atoms with Crippen LogP contribution in [-0.2, 0) is 6.54 Å². The van der Waals surface area contributed by atoms with Gasteiger partial charge in [0.25, 0.3) is 11.5 Å². The molecule has 1 fully saturated rings. The molecule has 0 unspecified atom stereocenters. The summed E-state index contributed by atoms with van der Waals surface area (Å²) in [4.78, 5) is 27.9. The van der Waals surface area contributed by atoms with Crippen LogP contribution in [0.25, 0.3) is 0 Å². The highest BCUT2D eigenvalue weighted by atomic mass is 16.7. The average molecular weight is 368 g/mol. The number of carbonyl (C=O) groups excluding carboxylic acids is 1. The van der Waals surface area contributed by atoms with E-state index in [2.05, 4.69) is 0 Å². The summed E-state index contributed by atoms with van der Waals surface area (Å²) in [6.45, 7) is 3.90. The average Bonchev–Trinajstić information content (AvgIpc) is 2.95. The molecule has 0 saturated carbocycles. The first-order chi connectivity index (χ1) is 13.1. The Kier molecular flexibility index (Phi) is 4.88. The maximum absolute atomic E-state index is 13.1. The van der Waals surface area contributed by atoms with Crippen LogP contribution in [-0.4, -0.2) is 35.3 Å². The Bertz CT molecular complexity index is 911. The molecule has 1 aromatic carbocycles. The lowest BCUT2D eigenvalue weighted by Gasteiger charge is -2.21. The SMILES string of the molecule is Cc1ccn(Cc2ccc3c(c2)OCO3)c(=O)c1C(=O)N1CCCCCC1. The molecule has 1 aromatic heterocycles. The summed E-state index contributed by atoms with van der Waals surface area (Å²) in [5.74, 6) is 1.26. The lowest BCUT2D eigenvalue weighted by molar-refractivity contribution is 0.0758. The van der Waals surface area contributed by atoms with Gasteiger partial charge in [0.15, 0.2) is 11.5 Å². The van der Waals surface area contributed by atoms with Crippen LogP contribution in [0.1, 0.15) is 47.2 Å². The minimum Gasteiger partial charge on any atom is -0.454 e. The van der Waals surface area contributed by atoms with Crippen molar-refractivity contribution in [3.63, 3.8) is 0 Å². The molecule has 27 heavy (non-hydrogen) atoms. The van der Waals surface area contributed by atoms with Crippen LogP contribution in [0.2, 0.25) is 0 Å². The topological polar surface area (TPSA) is 60.8 Å². The predicted molar refractivity (Wildman–Crippen MR) is 101 cm³/mol. The van der Waals surface area contributed by atoms with E-state index in [1.54, 1.807) is 10.8 Å². The lowest BCUT2D eigenvalue weighted by atomic mass is 10.1. The Labute approximate surface area is 158 Å². The number of aromatic nitrogens is 1. The third-order valence-electron chi connectivity index (χ3n) is 5.27. The molecular weight excluding hydrogens is 344 g/mol. The first kappa shape index (κ1) is 17.6. The van der Waals surface area contributed by atoms with Gasteiger partial charge in [-0.3, -0.25) is 9.59 Å². The Morgan fingerprint density at radius 1 is 1.04 bits per heavy atom. The third-order valence-corrected chi connectivity index (χ3v) is 5.27. The van der Waals surface area contributed by atoms with Gasteiger partial charge in [-0.15, -0.1) is 0 Å². The minimum atomic E-state index is -0.234. The van der Waals surface area contributed by atoms with E-state index in [0.717, 1.165) is 49.9 Å². The van der Waals surface area contributed by atoms with Crippen LogP contribution in [0.4, 0.5) is 0 Å². The molecule has 0 atom stereocenters. The molecule has 0 aliphatic carbocycles. The van der Waals surface area contributed by atoms with E-state index in [4.69, 9.17) is 9.47 Å². The minimum absolute atomic E-state index is 0.139. The smallest absolute Gasteiger partial charge is 0.263 e. The molecule has 6 nitrogen and oxygen atoms in total. The zero-order valence-electron chi connectivity index (χ0n) is 15.6. The van der Waals surface area contributed by atoms with Crippen LogP contribution in [0.3, 0.4) is 0 Å². The van der Waals surface area contributed by atoms with E-state index in [1.807, 2.05) is 36.1 Å². The largest absolute Gasteiger partial charge is 0.454 e. The summed E-state index contributed by atoms with van der Waals surface area (Å²) >= 11 is 0. The molecule has 0 spiro atoms. The highest BCUT2D eigenvalue weighted by Gasteiger charge is 2.23. The molecule has 142 valence electrons. The first-order valence-electron chi connectivity index (χ1n) is 9.51. The molecule has 4 rings (SSSR count). The molecule has 0 radical (unpaired) electrons. The normalized spacial score (nSPS) is 16.3. The van der Waals surface area contributed by atoms with Crippen molar-refractivity contribution in [2.45, 2.75) is 39.2 Å². The number of carbonyl (C=O) groups is 1. The van der Waals surface area contributed by atoms with Gasteiger partial charge in [0.1, 0.15) is 5.56 Å². The zero-order chi connectivity index (χ0) is 18.8. The molecule has 3 heterocycles. The number of likely N-dealkylation sites (tertiary alicyclic amines) is 1. The monoisotopic (exact) mass is 368 g/mol. The number of fused-ring (bicyclic) bond motifs is 1. The predicted octanol–water partition coefficient (Wildman–Crippen LogP) is 2.95. The number of amides is 1. The Hall–Kier alpha value is -2.76. The number of pyridine rings is 1. The van der Waals surface area contributed by atoms with Crippen LogP contribution >= 0.6 is 0 Å². The van der Waals surface area contributed by atoms with Crippen LogP contribution in [0.5, 0.6) is 11.5 Å². The van der Waals surface area contributed by atoms with E-state index in [9.17, 15) is 9.59 Å². The number of aryl methyl sites for hydroxylation is 1. The van der Waals surface area contributed by atoms with Crippen molar-refractivity contribution < 1.29 is 14.3 Å². The molecule has 2 aliphatic rings. The van der Waals surface area contributed by atoms with Crippen LogP contribution < -0.4 is 15.0 Å². The van der Waals surface area contributed by atoms with Gasteiger partial charge in [0.2, 0.25) is 6.79 Å². The van der Waals surface area contributed by atoms with Gasteiger partial charge in [-0.2, -0.15) is 0 Å². The molecule has 1 saturated heterocycles. The molecule has 1 amide bonds. The summed E-state index contributed by atoms with van der Waals surface area (Å²) in [5, 5.41) is 0. The van der Waals surface area contributed by atoms with E-state index in [-0.39, 0.29) is 18.3 Å². The van der Waals surface area contributed by atoms with Gasteiger partial charge >= 0.3 is 0 Å². The third kappa shape index (κ3) is 3.56. The second-order valence-corrected chi connectivity index (χ2v) is 7.20. The van der Waals surface area contributed by atoms with Crippen molar-refractivity contribution in [3.05, 3.63) is 57.5 Å². The number of hydrogen-bond acceptors (Lipinski definition) is 4. The second-order valence-electron chi connectivity index (χ2n) is 7.20. The van der Waals surface area contributed by atoms with Gasteiger partial charge in [-0.1, -0.05) is 18.9 Å². The Morgan fingerprint density at radius 3 is 2.56 bits per heavy atom. The maximum atomic E-state index is 13.1. The van der Waals surface area contributed by atoms with E-state index >= 15 is 0 Å². The molecular formula is C21H24N2O4. The summed E-state index contributed by atoms with van der Waals surface area (Å²) in [6.07, 6.45) is 6.05. The quantitative estimate of drug-likeness (QED) is 0.836. The van der Waals surface area contributed by atoms with Gasteiger partial charge in [-0.25, -0.2) is 0 Å². The number of rotatable bonds is 3. The lowest BCUT2D eigenvalue weighted by Crippen LogP contribution is -2.38. The summed E-state index contributed by atoms with van der Waals surface area (Å²) in [6, 6.07) is 7.49. The van der Waals surface area contributed by atoms with Gasteiger partial charge in [0, 0.05) is 19.3 Å². The maximum Gasteiger partial charge on any atom is 0.263 e. The van der Waals surface area contributed by atoms with Gasteiger partial charge in [-0.05, 0) is 49.1 Å². The van der Waals surface area contributed by atoms with Crippen molar-refractivity contribution in [2.75, 3.05) is 19.9 Å². The number of nitrogens with zero attached hydrogens (tertiary/aromatic N) is 2. The van der Waals surface area contributed by atoms with E-state index in [1.165, 1.54) is 0 Å². The molecule has 0 N–H and O–H groups in total. The van der Waals surface area contributed by atoms with Crippen molar-refractivity contribution in [3.8, 4) is 11.5 Å². The summed E-state index contributed by atoms with van der Waals surface area (Å²) < 4.78 is 12.3. The summed E-state index contributed by atoms with van der Waals surface area (Å²) in [7, 11) is 0. The highest BCUT2D eigenvalue weighted by molar-refractivity contribution is 5.95. The molecule has 0 bridgehead atoms. The Balaban J connectivity index is 1.62.